The summed E-state index contributed by atoms with van der Waals surface area (Å²) in [6, 6.07) is 19.8. The molecule has 0 aliphatic rings. The molecule has 200 valence electrons. The van der Waals surface area contributed by atoms with Crippen molar-refractivity contribution in [3.8, 4) is 0 Å². The third kappa shape index (κ3) is 8.89. The highest BCUT2D eigenvalue weighted by Crippen LogP contribution is 2.24. The smallest absolute Gasteiger partial charge is 0.386 e. The van der Waals surface area contributed by atoms with E-state index in [1.54, 1.807) is 66.7 Å². The molecule has 0 spiro atoms. The zero-order valence-corrected chi connectivity index (χ0v) is 21.5. The Balaban J connectivity index is 0.000000268. The monoisotopic (exact) mass is 520 g/mol. The van der Waals surface area contributed by atoms with Gasteiger partial charge in [0.25, 0.3) is 0 Å². The van der Waals surface area contributed by atoms with Gasteiger partial charge < -0.3 is 10.2 Å². The molecule has 0 unspecified atom stereocenters. The third-order valence-electron chi connectivity index (χ3n) is 5.65. The second kappa shape index (κ2) is 15.6. The van der Waals surface area contributed by atoms with Crippen molar-refractivity contribution in [1.82, 2.24) is 0 Å². The lowest BCUT2D eigenvalue weighted by molar-refractivity contribution is -0.187. The normalized spacial score (nSPS) is 10.1. The Morgan fingerprint density at radius 3 is 1.53 bits per heavy atom. The van der Waals surface area contributed by atoms with Gasteiger partial charge in [-0.25, -0.2) is 29.0 Å². The average Bonchev–Trinajstić information content (AvgIpc) is 2.94. The van der Waals surface area contributed by atoms with Crippen molar-refractivity contribution in [2.24, 2.45) is 0 Å². The second-order valence-corrected chi connectivity index (χ2v) is 8.42. The fourth-order valence-corrected chi connectivity index (χ4v) is 3.67. The predicted octanol–water partition coefficient (Wildman–Crippen LogP) is 6.38. The highest BCUT2D eigenvalue weighted by molar-refractivity contribution is 6.03. The van der Waals surface area contributed by atoms with E-state index in [-0.39, 0.29) is 11.1 Å². The van der Waals surface area contributed by atoms with Gasteiger partial charge in [-0.2, -0.15) is 0 Å². The van der Waals surface area contributed by atoms with Crippen LogP contribution < -0.4 is 0 Å². The number of unbranched alkanes of at least 4 members (excludes halogenated alkanes) is 2. The Kier molecular flexibility index (Phi) is 12.2. The van der Waals surface area contributed by atoms with Gasteiger partial charge in [-0.3, -0.25) is 0 Å². The number of aryl methyl sites for hydroxylation is 1. The van der Waals surface area contributed by atoms with E-state index in [0.717, 1.165) is 37.7 Å². The van der Waals surface area contributed by atoms with Crippen molar-refractivity contribution >= 4 is 23.9 Å². The third-order valence-corrected chi connectivity index (χ3v) is 5.65. The Hall–Kier alpha value is -4.46. The molecule has 0 bridgehead atoms. The molecule has 0 radical (unpaired) electrons. The number of benzene rings is 3. The summed E-state index contributed by atoms with van der Waals surface area (Å²) in [5.41, 5.74) is 2.18. The van der Waals surface area contributed by atoms with Gasteiger partial charge in [-0.1, -0.05) is 69.2 Å². The Bertz CT molecular complexity index is 1170. The summed E-state index contributed by atoms with van der Waals surface area (Å²) in [5.74, 6) is -3.74. The number of rotatable bonds is 10. The lowest BCUT2D eigenvalue weighted by Crippen LogP contribution is -2.14. The van der Waals surface area contributed by atoms with Gasteiger partial charge in [0.05, 0.1) is 22.3 Å². The van der Waals surface area contributed by atoms with Crippen LogP contribution in [0.1, 0.15) is 92.1 Å². The first-order valence-electron chi connectivity index (χ1n) is 12.4. The summed E-state index contributed by atoms with van der Waals surface area (Å²) in [7, 11) is 0. The van der Waals surface area contributed by atoms with Gasteiger partial charge in [0, 0.05) is 0 Å². The fraction of sp³-hybridized carbons (Fsp3) is 0.267. The second-order valence-electron chi connectivity index (χ2n) is 8.42. The molecule has 8 nitrogen and oxygen atoms in total. The van der Waals surface area contributed by atoms with E-state index < -0.39 is 23.9 Å². The summed E-state index contributed by atoms with van der Waals surface area (Å²) in [5, 5.41) is 18.5. The summed E-state index contributed by atoms with van der Waals surface area (Å²) >= 11 is 0. The van der Waals surface area contributed by atoms with Gasteiger partial charge in [0.1, 0.15) is 0 Å². The van der Waals surface area contributed by atoms with Crippen LogP contribution in [0, 0.1) is 0 Å². The maximum absolute atomic E-state index is 11.5. The number of hydrogen-bond donors (Lipinski definition) is 2. The van der Waals surface area contributed by atoms with Crippen molar-refractivity contribution in [3.63, 3.8) is 0 Å². The molecule has 0 heterocycles. The van der Waals surface area contributed by atoms with Crippen LogP contribution in [0.4, 0.5) is 0 Å². The van der Waals surface area contributed by atoms with E-state index >= 15 is 0 Å². The Morgan fingerprint density at radius 1 is 0.632 bits per heavy atom. The fourth-order valence-electron chi connectivity index (χ4n) is 3.67. The summed E-state index contributed by atoms with van der Waals surface area (Å²) < 4.78 is 0. The molecule has 0 saturated carbocycles. The molecule has 0 aromatic heterocycles. The summed E-state index contributed by atoms with van der Waals surface area (Å²) in [6.07, 6.45) is 5.24. The molecule has 3 aromatic rings. The van der Waals surface area contributed by atoms with Crippen LogP contribution in [-0.4, -0.2) is 34.1 Å². The largest absolute Gasteiger partial charge is 0.478 e. The predicted molar refractivity (Wildman–Crippen MR) is 141 cm³/mol. The zero-order valence-electron chi connectivity index (χ0n) is 21.5. The number of carbonyl (C=O) groups is 4. The maximum Gasteiger partial charge on any atom is 0.386 e. The van der Waals surface area contributed by atoms with Crippen molar-refractivity contribution in [2.45, 2.75) is 52.4 Å². The van der Waals surface area contributed by atoms with Gasteiger partial charge >= 0.3 is 23.9 Å². The SMILES string of the molecule is CCCCc1ccc(C(=O)O)c(C(=O)O)c1CCCC.O=C(OOC(=O)c1ccccc1)c1ccccc1. The van der Waals surface area contributed by atoms with E-state index in [2.05, 4.69) is 16.7 Å². The molecule has 2 N–H and O–H groups in total. The Morgan fingerprint density at radius 2 is 1.11 bits per heavy atom. The van der Waals surface area contributed by atoms with Crippen molar-refractivity contribution in [2.75, 3.05) is 0 Å². The highest BCUT2D eigenvalue weighted by Gasteiger charge is 2.22. The zero-order chi connectivity index (χ0) is 27.9. The van der Waals surface area contributed by atoms with E-state index in [1.165, 1.54) is 6.07 Å². The number of carboxylic acids is 2. The molecule has 0 saturated heterocycles. The standard InChI is InChI=1S/C16H22O4.C14H10O4/c1-3-5-7-11-9-10-13(15(17)18)14(16(19)20)12(11)8-6-4-2;15-13(11-7-3-1-4-8-11)17-18-14(16)12-9-5-2-6-10-12/h9-10H,3-8H2,1-2H3,(H,17,18)(H,19,20);1-10H. The minimum absolute atomic E-state index is 0.0282. The van der Waals surface area contributed by atoms with Crippen LogP contribution in [0.3, 0.4) is 0 Å². The first-order chi connectivity index (χ1) is 18.3. The lowest BCUT2D eigenvalue weighted by Gasteiger charge is -2.14. The number of carboxylic acid groups (broad SMARTS) is 2. The average molecular weight is 521 g/mol. The van der Waals surface area contributed by atoms with Crippen LogP contribution in [0.2, 0.25) is 0 Å². The lowest BCUT2D eigenvalue weighted by atomic mass is 9.90. The molecular weight excluding hydrogens is 488 g/mol. The van der Waals surface area contributed by atoms with Gasteiger partial charge in [0.15, 0.2) is 0 Å². The molecule has 0 aliphatic carbocycles. The molecule has 38 heavy (non-hydrogen) atoms. The minimum Gasteiger partial charge on any atom is -0.478 e. The van der Waals surface area contributed by atoms with Crippen LogP contribution >= 0.6 is 0 Å². The van der Waals surface area contributed by atoms with E-state index in [0.29, 0.717) is 23.1 Å². The number of hydrogen-bond acceptors (Lipinski definition) is 6. The quantitative estimate of drug-likeness (QED) is 0.233. The summed E-state index contributed by atoms with van der Waals surface area (Å²) in [4.78, 5) is 54.6. The van der Waals surface area contributed by atoms with Gasteiger partial charge in [-0.05, 0) is 67.1 Å². The molecule has 0 amide bonds. The molecule has 0 fully saturated rings. The Labute approximate surface area is 221 Å². The number of aromatic carboxylic acids is 2. The number of carbonyl (C=O) groups excluding carboxylic acids is 2. The molecule has 8 heteroatoms. The topological polar surface area (TPSA) is 127 Å². The van der Waals surface area contributed by atoms with Crippen LogP contribution in [-0.2, 0) is 22.6 Å². The molecule has 3 aromatic carbocycles. The van der Waals surface area contributed by atoms with Crippen molar-refractivity contribution < 1.29 is 39.2 Å². The highest BCUT2D eigenvalue weighted by atomic mass is 17.2. The first-order valence-corrected chi connectivity index (χ1v) is 12.4. The molecule has 3 rings (SSSR count). The van der Waals surface area contributed by atoms with Crippen molar-refractivity contribution in [3.05, 3.63) is 106 Å². The van der Waals surface area contributed by atoms with Crippen LogP contribution in [0.15, 0.2) is 72.8 Å². The molecule has 0 atom stereocenters. The first kappa shape index (κ1) is 29.8. The van der Waals surface area contributed by atoms with Gasteiger partial charge in [0.2, 0.25) is 0 Å². The van der Waals surface area contributed by atoms with Crippen molar-refractivity contribution in [1.29, 1.82) is 0 Å². The minimum atomic E-state index is -1.18. The van der Waals surface area contributed by atoms with E-state index in [1.807, 2.05) is 6.92 Å². The van der Waals surface area contributed by atoms with Gasteiger partial charge in [-0.15, -0.1) is 0 Å². The van der Waals surface area contributed by atoms with E-state index in [4.69, 9.17) is 5.11 Å². The van der Waals surface area contributed by atoms with Crippen LogP contribution in [0.5, 0.6) is 0 Å². The molecular formula is C30H32O8. The maximum atomic E-state index is 11.5. The van der Waals surface area contributed by atoms with Crippen LogP contribution in [0.25, 0.3) is 0 Å². The summed E-state index contributed by atoms with van der Waals surface area (Å²) in [6.45, 7) is 4.11. The molecule has 0 aliphatic heterocycles. The van der Waals surface area contributed by atoms with E-state index in [9.17, 15) is 24.3 Å².